The van der Waals surface area contributed by atoms with Crippen molar-refractivity contribution in [3.63, 3.8) is 0 Å². The molecule has 2 rings (SSSR count). The first-order chi connectivity index (χ1) is 9.20. The van der Waals surface area contributed by atoms with Crippen molar-refractivity contribution in [2.24, 2.45) is 5.92 Å². The first-order valence-electron chi connectivity index (χ1n) is 7.10. The van der Waals surface area contributed by atoms with E-state index in [-0.39, 0.29) is 11.8 Å². The summed E-state index contributed by atoms with van der Waals surface area (Å²) in [5.41, 5.74) is 0.831. The molecule has 3 heteroatoms. The van der Waals surface area contributed by atoms with Crippen molar-refractivity contribution >= 4 is 5.97 Å². The Bertz CT molecular complexity index is 423. The molecular formula is C16H21FO2. The zero-order valence-corrected chi connectivity index (χ0v) is 11.4. The predicted octanol–water partition coefficient (Wildman–Crippen LogP) is 4.05. The molecule has 1 fully saturated rings. The zero-order valence-electron chi connectivity index (χ0n) is 11.4. The van der Waals surface area contributed by atoms with Gasteiger partial charge in [0.25, 0.3) is 0 Å². The molecule has 0 bridgehead atoms. The van der Waals surface area contributed by atoms with E-state index < -0.39 is 0 Å². The van der Waals surface area contributed by atoms with Crippen LogP contribution >= 0.6 is 0 Å². The summed E-state index contributed by atoms with van der Waals surface area (Å²) in [6.07, 6.45) is 4.41. The minimum absolute atomic E-state index is 0.100. The molecule has 0 saturated heterocycles. The maximum absolute atomic E-state index is 13.7. The van der Waals surface area contributed by atoms with E-state index in [1.807, 2.05) is 19.1 Å². The van der Waals surface area contributed by atoms with Gasteiger partial charge in [-0.25, -0.2) is 4.39 Å². The van der Waals surface area contributed by atoms with Crippen LogP contribution in [-0.2, 0) is 9.53 Å². The van der Waals surface area contributed by atoms with Crippen molar-refractivity contribution in [3.8, 4) is 0 Å². The van der Waals surface area contributed by atoms with Crippen LogP contribution in [0, 0.1) is 11.7 Å². The molecule has 1 saturated carbocycles. The topological polar surface area (TPSA) is 26.3 Å². The van der Waals surface area contributed by atoms with Crippen molar-refractivity contribution in [1.29, 1.82) is 0 Å². The third-order valence-corrected chi connectivity index (χ3v) is 3.95. The lowest BCUT2D eigenvalue weighted by Crippen LogP contribution is -2.18. The van der Waals surface area contributed by atoms with Crippen molar-refractivity contribution < 1.29 is 13.9 Å². The molecule has 19 heavy (non-hydrogen) atoms. The van der Waals surface area contributed by atoms with E-state index in [4.69, 9.17) is 4.74 Å². The van der Waals surface area contributed by atoms with Crippen LogP contribution < -0.4 is 0 Å². The minimum Gasteiger partial charge on any atom is -0.466 e. The summed E-state index contributed by atoms with van der Waals surface area (Å²) >= 11 is 0. The maximum Gasteiger partial charge on any atom is 0.306 e. The molecule has 0 N–H and O–H groups in total. The van der Waals surface area contributed by atoms with E-state index in [2.05, 4.69) is 0 Å². The number of halogens is 1. The Hall–Kier alpha value is -1.38. The maximum atomic E-state index is 13.7. The fourth-order valence-corrected chi connectivity index (χ4v) is 2.94. The van der Waals surface area contributed by atoms with Gasteiger partial charge in [0.1, 0.15) is 5.82 Å². The van der Waals surface area contributed by atoms with Crippen molar-refractivity contribution in [2.75, 3.05) is 6.61 Å². The molecule has 0 aromatic heterocycles. The van der Waals surface area contributed by atoms with Crippen molar-refractivity contribution in [2.45, 2.75) is 44.9 Å². The summed E-state index contributed by atoms with van der Waals surface area (Å²) in [6, 6.07) is 7.03. The fraction of sp³-hybridized carbons (Fsp3) is 0.562. The van der Waals surface area contributed by atoms with Gasteiger partial charge in [0.05, 0.1) is 6.61 Å². The number of hydrogen-bond acceptors (Lipinski definition) is 2. The quantitative estimate of drug-likeness (QED) is 0.767. The summed E-state index contributed by atoms with van der Waals surface area (Å²) < 4.78 is 18.7. The Morgan fingerprint density at radius 2 is 1.95 bits per heavy atom. The minimum atomic E-state index is -0.101. The van der Waals surface area contributed by atoms with Gasteiger partial charge < -0.3 is 4.74 Å². The van der Waals surface area contributed by atoms with Crippen LogP contribution in [0.1, 0.15) is 50.5 Å². The highest BCUT2D eigenvalue weighted by Gasteiger charge is 2.25. The van der Waals surface area contributed by atoms with Crippen LogP contribution in [-0.4, -0.2) is 12.6 Å². The van der Waals surface area contributed by atoms with Crippen LogP contribution in [0.25, 0.3) is 0 Å². The van der Waals surface area contributed by atoms with Gasteiger partial charge in [-0.05, 0) is 56.1 Å². The third-order valence-electron chi connectivity index (χ3n) is 3.95. The largest absolute Gasteiger partial charge is 0.466 e. The second-order valence-electron chi connectivity index (χ2n) is 5.25. The Morgan fingerprint density at radius 3 is 2.58 bits per heavy atom. The third kappa shape index (κ3) is 3.79. The van der Waals surface area contributed by atoms with E-state index in [0.29, 0.717) is 24.9 Å². The summed E-state index contributed by atoms with van der Waals surface area (Å²) in [7, 11) is 0. The molecule has 0 spiro atoms. The van der Waals surface area contributed by atoms with E-state index in [1.165, 1.54) is 6.07 Å². The molecule has 1 aliphatic rings. The Morgan fingerprint density at radius 1 is 1.26 bits per heavy atom. The highest BCUT2D eigenvalue weighted by Crippen LogP contribution is 2.37. The highest BCUT2D eigenvalue weighted by molar-refractivity contribution is 5.69. The van der Waals surface area contributed by atoms with Crippen LogP contribution in [0.15, 0.2) is 24.3 Å². The van der Waals surface area contributed by atoms with Crippen LogP contribution in [0.2, 0.25) is 0 Å². The van der Waals surface area contributed by atoms with Gasteiger partial charge in [-0.2, -0.15) is 0 Å². The van der Waals surface area contributed by atoms with Gasteiger partial charge in [-0.3, -0.25) is 4.79 Å². The molecule has 0 unspecified atom stereocenters. The lowest BCUT2D eigenvalue weighted by molar-refractivity contribution is -0.144. The van der Waals surface area contributed by atoms with Crippen LogP contribution in [0.4, 0.5) is 4.39 Å². The highest BCUT2D eigenvalue weighted by atomic mass is 19.1. The number of carbonyl (C=O) groups excluding carboxylic acids is 1. The van der Waals surface area contributed by atoms with Gasteiger partial charge in [-0.15, -0.1) is 0 Å². The Labute approximate surface area is 114 Å². The summed E-state index contributed by atoms with van der Waals surface area (Å²) in [5.74, 6) is 0.509. The normalized spacial score (nSPS) is 23.1. The van der Waals surface area contributed by atoms with Crippen LogP contribution in [0.3, 0.4) is 0 Å². The zero-order chi connectivity index (χ0) is 13.7. The van der Waals surface area contributed by atoms with Gasteiger partial charge in [0, 0.05) is 6.42 Å². The summed E-state index contributed by atoms with van der Waals surface area (Å²) in [5, 5.41) is 0. The molecule has 1 aromatic rings. The van der Waals surface area contributed by atoms with Crippen LogP contribution in [0.5, 0.6) is 0 Å². The SMILES string of the molecule is CCOC(=O)CC1CCC(c2ccccc2F)CC1. The molecule has 1 aliphatic carbocycles. The first-order valence-corrected chi connectivity index (χ1v) is 7.10. The molecule has 0 amide bonds. The molecule has 0 heterocycles. The molecule has 0 radical (unpaired) electrons. The Kier molecular flexibility index (Phi) is 4.94. The van der Waals surface area contributed by atoms with E-state index in [9.17, 15) is 9.18 Å². The first kappa shape index (κ1) is 14.0. The van der Waals surface area contributed by atoms with E-state index in [0.717, 1.165) is 31.2 Å². The molecule has 0 aliphatic heterocycles. The van der Waals surface area contributed by atoms with E-state index >= 15 is 0 Å². The average molecular weight is 264 g/mol. The fourth-order valence-electron chi connectivity index (χ4n) is 2.94. The van der Waals surface area contributed by atoms with Gasteiger partial charge >= 0.3 is 5.97 Å². The number of hydrogen-bond donors (Lipinski definition) is 0. The Balaban J connectivity index is 1.86. The lowest BCUT2D eigenvalue weighted by atomic mass is 9.77. The standard InChI is InChI=1S/C16H21FO2/c1-2-19-16(18)11-12-7-9-13(10-8-12)14-5-3-4-6-15(14)17/h3-6,12-13H,2,7-11H2,1H3. The molecular weight excluding hydrogens is 243 g/mol. The predicted molar refractivity (Wildman–Crippen MR) is 72.3 cm³/mol. The number of esters is 1. The van der Waals surface area contributed by atoms with Crippen molar-refractivity contribution in [1.82, 2.24) is 0 Å². The molecule has 1 aromatic carbocycles. The van der Waals surface area contributed by atoms with Gasteiger partial charge in [-0.1, -0.05) is 18.2 Å². The lowest BCUT2D eigenvalue weighted by Gasteiger charge is -2.28. The van der Waals surface area contributed by atoms with E-state index in [1.54, 1.807) is 6.07 Å². The number of ether oxygens (including phenoxy) is 1. The smallest absolute Gasteiger partial charge is 0.306 e. The second kappa shape index (κ2) is 6.69. The second-order valence-corrected chi connectivity index (χ2v) is 5.25. The molecule has 0 atom stereocenters. The van der Waals surface area contributed by atoms with Crippen molar-refractivity contribution in [3.05, 3.63) is 35.6 Å². The molecule has 2 nitrogen and oxygen atoms in total. The number of rotatable bonds is 4. The number of carbonyl (C=O) groups is 1. The van der Waals surface area contributed by atoms with Gasteiger partial charge in [0.15, 0.2) is 0 Å². The summed E-state index contributed by atoms with van der Waals surface area (Å²) in [6.45, 7) is 2.27. The average Bonchev–Trinajstić information content (AvgIpc) is 2.41. The van der Waals surface area contributed by atoms with Gasteiger partial charge in [0.2, 0.25) is 0 Å². The number of benzene rings is 1. The summed E-state index contributed by atoms with van der Waals surface area (Å²) in [4.78, 5) is 11.4. The molecule has 104 valence electrons. The monoisotopic (exact) mass is 264 g/mol.